The van der Waals surface area contributed by atoms with Crippen LogP contribution in [0.1, 0.15) is 20.8 Å². The second kappa shape index (κ2) is 6.60. The zero-order valence-corrected chi connectivity index (χ0v) is 12.9. The maximum Gasteiger partial charge on any atom is 0.172 e. The molecule has 0 aliphatic heterocycles. The van der Waals surface area contributed by atoms with Crippen molar-refractivity contribution in [3.05, 3.63) is 0 Å². The van der Waals surface area contributed by atoms with Crippen molar-refractivity contribution in [1.82, 2.24) is 19.3 Å². The molecule has 0 heterocycles. The smallest absolute Gasteiger partial charge is 0.172 e. The summed E-state index contributed by atoms with van der Waals surface area (Å²) in [4.78, 5) is 8.17. The minimum atomic E-state index is -0.364. The summed E-state index contributed by atoms with van der Waals surface area (Å²) in [6.07, 6.45) is 0. The molecule has 1 N–H and O–H groups in total. The molecule has 15 heavy (non-hydrogen) atoms. The summed E-state index contributed by atoms with van der Waals surface area (Å²) >= 11 is 0. The molecule has 0 spiro atoms. The molecular formula is C10H28N4Si. The molecule has 0 amide bonds. The molecule has 0 aromatic rings. The minimum Gasteiger partial charge on any atom is -0.317 e. The first-order valence-electron chi connectivity index (χ1n) is 5.70. The first-order chi connectivity index (χ1) is 6.88. The quantitative estimate of drug-likeness (QED) is 0.481. The Hall–Kier alpha value is 0.0569. The van der Waals surface area contributed by atoms with E-state index >= 15 is 0 Å². The van der Waals surface area contributed by atoms with Gasteiger partial charge in [0.05, 0.1) is 0 Å². The lowest BCUT2D eigenvalue weighted by Gasteiger charge is -2.44. The second-order valence-corrected chi connectivity index (χ2v) is 6.01. The van der Waals surface area contributed by atoms with Crippen molar-refractivity contribution in [3.63, 3.8) is 0 Å². The Balaban J connectivity index is 4.31. The number of rotatable bonds is 7. The van der Waals surface area contributed by atoms with E-state index in [1.165, 1.54) is 0 Å². The fourth-order valence-electron chi connectivity index (χ4n) is 1.43. The van der Waals surface area contributed by atoms with E-state index in [1.807, 2.05) is 0 Å². The van der Waals surface area contributed by atoms with Crippen LogP contribution in [-0.2, 0) is 0 Å². The minimum absolute atomic E-state index is 0.0329. The normalized spacial score (nSPS) is 14.0. The number of nitrogens with one attached hydrogen (secondary N) is 1. The van der Waals surface area contributed by atoms with Crippen LogP contribution in [0.15, 0.2) is 0 Å². The van der Waals surface area contributed by atoms with Gasteiger partial charge in [0.25, 0.3) is 0 Å². The molecule has 0 radical (unpaired) electrons. The topological polar surface area (TPSA) is 21.8 Å². The van der Waals surface area contributed by atoms with Gasteiger partial charge in [-0.15, -0.1) is 0 Å². The predicted molar refractivity (Wildman–Crippen MR) is 70.4 cm³/mol. The van der Waals surface area contributed by atoms with E-state index < -0.39 is 0 Å². The van der Waals surface area contributed by atoms with Gasteiger partial charge in [-0.1, -0.05) is 13.8 Å². The maximum absolute atomic E-state index is 3.71. The van der Waals surface area contributed by atoms with Crippen LogP contribution in [0.5, 0.6) is 0 Å². The summed E-state index contributed by atoms with van der Waals surface area (Å²) in [5.74, 6) is -0.0329. The van der Waals surface area contributed by atoms with Crippen LogP contribution in [0.2, 0.25) is 0 Å². The molecule has 0 rings (SSSR count). The highest BCUT2D eigenvalue weighted by Crippen LogP contribution is 2.09. The van der Waals surface area contributed by atoms with Crippen LogP contribution in [0.3, 0.4) is 0 Å². The number of nitrogens with zero attached hydrogens (tertiary/aromatic N) is 3. The molecule has 4 nitrogen and oxygen atoms in total. The summed E-state index contributed by atoms with van der Waals surface area (Å²) in [5, 5.41) is 0. The van der Waals surface area contributed by atoms with Crippen LogP contribution >= 0.6 is 0 Å². The highest BCUT2D eigenvalue weighted by atomic mass is 28.2. The molecule has 0 aliphatic rings. The molecule has 0 aromatic carbocycles. The molecule has 0 atom stereocenters. The van der Waals surface area contributed by atoms with Crippen molar-refractivity contribution in [3.8, 4) is 0 Å². The van der Waals surface area contributed by atoms with Gasteiger partial charge >= 0.3 is 0 Å². The Bertz CT molecular complexity index is 161. The predicted octanol–water partition coefficient (Wildman–Crippen LogP) is -0.286. The average molecular weight is 232 g/mol. The molecule has 5 heteroatoms. The molecule has 0 fully saturated rings. The number of hydrogen-bond donors (Lipinski definition) is 1. The van der Waals surface area contributed by atoms with Crippen molar-refractivity contribution in [1.29, 1.82) is 0 Å². The first kappa shape index (κ1) is 15.1. The van der Waals surface area contributed by atoms with Crippen molar-refractivity contribution in [2.75, 3.05) is 41.3 Å². The van der Waals surface area contributed by atoms with Gasteiger partial charge in [0, 0.05) is 0 Å². The van der Waals surface area contributed by atoms with Crippen molar-refractivity contribution in [2.24, 2.45) is 0 Å². The summed E-state index contributed by atoms with van der Waals surface area (Å²) in [5.41, 5.74) is 0. The fraction of sp³-hybridized carbons (Fsp3) is 1.00. The van der Waals surface area contributed by atoms with Crippen LogP contribution in [0.4, 0.5) is 0 Å². The third-order valence-electron chi connectivity index (χ3n) is 3.27. The van der Waals surface area contributed by atoms with E-state index in [1.54, 1.807) is 0 Å². The summed E-state index contributed by atoms with van der Waals surface area (Å²) in [6.45, 7) is 8.96. The lowest BCUT2D eigenvalue weighted by molar-refractivity contribution is 0.00817. The van der Waals surface area contributed by atoms with Crippen LogP contribution in [0.25, 0.3) is 0 Å². The molecule has 0 aliphatic carbocycles. The van der Waals surface area contributed by atoms with Gasteiger partial charge in [-0.2, -0.15) is 0 Å². The van der Waals surface area contributed by atoms with Gasteiger partial charge in [0.2, 0.25) is 0 Å². The van der Waals surface area contributed by atoms with Crippen molar-refractivity contribution in [2.45, 2.75) is 26.6 Å². The van der Waals surface area contributed by atoms with Crippen LogP contribution in [-0.4, -0.2) is 71.3 Å². The molecule has 0 bridgehead atoms. The van der Waals surface area contributed by atoms with Gasteiger partial charge in [0.1, 0.15) is 5.79 Å². The van der Waals surface area contributed by atoms with E-state index in [9.17, 15) is 0 Å². The highest BCUT2D eigenvalue weighted by molar-refractivity contribution is 6.28. The third kappa shape index (κ3) is 4.20. The SMILES string of the molecule is CCN(CC)[SiH2]NC(C)(N(C)C)N(C)C. The van der Waals surface area contributed by atoms with Gasteiger partial charge in [0.15, 0.2) is 9.84 Å². The molecule has 0 saturated heterocycles. The Morgan fingerprint density at radius 2 is 1.40 bits per heavy atom. The average Bonchev–Trinajstić information content (AvgIpc) is 2.18. The number of hydrogen-bond acceptors (Lipinski definition) is 4. The standard InChI is InChI=1S/C10H28N4Si/c1-8-14(9-2)15-11-10(3,12(4)5)13(6)7/h11H,8-9,15H2,1-7H3. The lowest BCUT2D eigenvalue weighted by atomic mass is 10.3. The highest BCUT2D eigenvalue weighted by Gasteiger charge is 2.28. The molecule has 92 valence electrons. The summed E-state index contributed by atoms with van der Waals surface area (Å²) in [7, 11) is 8.09. The van der Waals surface area contributed by atoms with Crippen LogP contribution in [0, 0.1) is 0 Å². The molecule has 0 unspecified atom stereocenters. The summed E-state index contributed by atoms with van der Waals surface area (Å²) < 4.78 is 2.51. The van der Waals surface area contributed by atoms with E-state index in [-0.39, 0.29) is 15.6 Å². The monoisotopic (exact) mass is 232 g/mol. The van der Waals surface area contributed by atoms with E-state index in [0.29, 0.717) is 0 Å². The zero-order chi connectivity index (χ0) is 12.1. The maximum atomic E-state index is 3.71. The molecule has 0 aromatic heterocycles. The third-order valence-corrected chi connectivity index (χ3v) is 5.44. The van der Waals surface area contributed by atoms with Gasteiger partial charge < -0.3 is 9.55 Å². The zero-order valence-electron chi connectivity index (χ0n) is 11.5. The van der Waals surface area contributed by atoms with E-state index in [4.69, 9.17) is 0 Å². The van der Waals surface area contributed by atoms with Gasteiger partial charge in [-0.05, 0) is 48.2 Å². The largest absolute Gasteiger partial charge is 0.317 e. The second-order valence-electron chi connectivity index (χ2n) is 4.45. The summed E-state index contributed by atoms with van der Waals surface area (Å²) in [6, 6.07) is 0. The van der Waals surface area contributed by atoms with E-state index in [0.717, 1.165) is 13.1 Å². The van der Waals surface area contributed by atoms with Crippen molar-refractivity contribution < 1.29 is 0 Å². The Labute approximate surface area is 97.6 Å². The van der Waals surface area contributed by atoms with Gasteiger partial charge in [-0.3, -0.25) is 9.80 Å². The van der Waals surface area contributed by atoms with Crippen molar-refractivity contribution >= 4 is 9.84 Å². The van der Waals surface area contributed by atoms with Crippen LogP contribution < -0.4 is 4.98 Å². The fourth-order valence-corrected chi connectivity index (χ4v) is 3.03. The Morgan fingerprint density at radius 3 is 1.67 bits per heavy atom. The lowest BCUT2D eigenvalue weighted by Crippen LogP contribution is -2.65. The first-order valence-corrected chi connectivity index (χ1v) is 7.04. The molecular weight excluding hydrogens is 204 g/mol. The van der Waals surface area contributed by atoms with E-state index in [2.05, 4.69) is 68.3 Å². The Morgan fingerprint density at radius 1 is 1.00 bits per heavy atom. The molecule has 0 saturated carbocycles. The Kier molecular flexibility index (Phi) is 6.62. The van der Waals surface area contributed by atoms with Gasteiger partial charge in [-0.25, -0.2) is 0 Å².